The largest absolute Gasteiger partial charge is 0.459 e. The maximum Gasteiger partial charge on any atom is 0.293 e. The highest BCUT2D eigenvalue weighted by Gasteiger charge is 2.12. The Bertz CT molecular complexity index is 1120. The summed E-state index contributed by atoms with van der Waals surface area (Å²) in [5.41, 5.74) is 2.03. The van der Waals surface area contributed by atoms with Gasteiger partial charge in [0.15, 0.2) is 16.7 Å². The lowest BCUT2D eigenvalue weighted by Crippen LogP contribution is -2.38. The van der Waals surface area contributed by atoms with Crippen LogP contribution in [0.2, 0.25) is 0 Å². The summed E-state index contributed by atoms with van der Waals surface area (Å²) in [6.45, 7) is 2.52. The van der Waals surface area contributed by atoms with E-state index in [4.69, 9.17) is 16.6 Å². The van der Waals surface area contributed by atoms with Crippen LogP contribution in [0.3, 0.4) is 0 Å². The predicted octanol–water partition coefficient (Wildman–Crippen LogP) is 2.81. The molecule has 8 nitrogen and oxygen atoms in total. The maximum absolute atomic E-state index is 11.9. The quantitative estimate of drug-likeness (QED) is 0.487. The Labute approximate surface area is 169 Å². The minimum atomic E-state index is -0.382. The van der Waals surface area contributed by atoms with Gasteiger partial charge in [0.25, 0.3) is 5.91 Å². The molecule has 3 heterocycles. The second-order valence-corrected chi connectivity index (χ2v) is 7.25. The van der Waals surface area contributed by atoms with E-state index in [0.29, 0.717) is 6.54 Å². The van der Waals surface area contributed by atoms with Gasteiger partial charge in [0, 0.05) is 18.5 Å². The molecule has 0 aliphatic carbocycles. The number of nitrogens with zero attached hydrogens (tertiary/aromatic N) is 4. The molecule has 28 heavy (non-hydrogen) atoms. The van der Waals surface area contributed by atoms with Gasteiger partial charge >= 0.3 is 0 Å². The van der Waals surface area contributed by atoms with Gasteiger partial charge in [-0.25, -0.2) is 0 Å². The van der Waals surface area contributed by atoms with E-state index in [9.17, 15) is 4.79 Å². The van der Waals surface area contributed by atoms with Crippen molar-refractivity contribution in [3.63, 3.8) is 0 Å². The first kappa shape index (κ1) is 18.3. The zero-order chi connectivity index (χ0) is 19.5. The van der Waals surface area contributed by atoms with Crippen LogP contribution in [-0.4, -0.2) is 30.8 Å². The fourth-order valence-electron chi connectivity index (χ4n) is 2.56. The Morgan fingerprint density at radius 3 is 2.79 bits per heavy atom. The van der Waals surface area contributed by atoms with Crippen molar-refractivity contribution in [2.24, 2.45) is 0 Å². The highest BCUT2D eigenvalue weighted by molar-refractivity contribution is 7.80. The molecule has 0 bridgehead atoms. The second kappa shape index (κ2) is 7.87. The van der Waals surface area contributed by atoms with Gasteiger partial charge in [-0.05, 0) is 29.9 Å². The van der Waals surface area contributed by atoms with Crippen molar-refractivity contribution in [2.75, 3.05) is 0 Å². The molecule has 0 aliphatic heterocycles. The van der Waals surface area contributed by atoms with Crippen molar-refractivity contribution >= 4 is 39.5 Å². The first-order chi connectivity index (χ1) is 13.6. The van der Waals surface area contributed by atoms with Crippen LogP contribution in [0.5, 0.6) is 0 Å². The van der Waals surface area contributed by atoms with Crippen LogP contribution in [0.15, 0.2) is 47.1 Å². The third kappa shape index (κ3) is 3.78. The number of hydrogen-bond acceptors (Lipinski definition) is 7. The Balaban J connectivity index is 1.37. The zero-order valence-corrected chi connectivity index (χ0v) is 16.5. The van der Waals surface area contributed by atoms with Crippen molar-refractivity contribution in [1.29, 1.82) is 0 Å². The molecule has 2 N–H and O–H groups in total. The van der Waals surface area contributed by atoms with E-state index >= 15 is 0 Å². The van der Waals surface area contributed by atoms with Gasteiger partial charge in [0.05, 0.1) is 6.26 Å². The van der Waals surface area contributed by atoms with E-state index in [1.54, 1.807) is 16.6 Å². The highest BCUT2D eigenvalue weighted by Crippen LogP contribution is 2.25. The smallest absolute Gasteiger partial charge is 0.293 e. The van der Waals surface area contributed by atoms with Crippen LogP contribution < -0.4 is 10.6 Å². The van der Waals surface area contributed by atoms with E-state index in [-0.39, 0.29) is 16.8 Å². The van der Waals surface area contributed by atoms with E-state index in [1.165, 1.54) is 17.6 Å². The summed E-state index contributed by atoms with van der Waals surface area (Å²) in [5, 5.41) is 19.6. The third-order valence-electron chi connectivity index (χ3n) is 4.00. The summed E-state index contributed by atoms with van der Waals surface area (Å²) in [6, 6.07) is 11.2. The number of aryl methyl sites for hydroxylation is 1. The Morgan fingerprint density at radius 2 is 2.07 bits per heavy atom. The lowest BCUT2D eigenvalue weighted by atomic mass is 10.1. The average molecular weight is 413 g/mol. The summed E-state index contributed by atoms with van der Waals surface area (Å²) in [6.07, 6.45) is 2.22. The molecule has 0 radical (unpaired) electrons. The number of nitrogens with one attached hydrogen (secondary N) is 2. The first-order valence-electron chi connectivity index (χ1n) is 8.57. The van der Waals surface area contributed by atoms with Gasteiger partial charge < -0.3 is 9.73 Å². The molecule has 0 saturated heterocycles. The number of thiocarbonyl (C=S) groups is 1. The zero-order valence-electron chi connectivity index (χ0n) is 14.9. The van der Waals surface area contributed by atoms with Gasteiger partial charge in [0.2, 0.25) is 4.96 Å². The van der Waals surface area contributed by atoms with Crippen LogP contribution in [0.4, 0.5) is 0 Å². The standard InChI is InChI=1S/C18H16N6O2S2/c1-2-14-21-22-18-24(14)23-16(28-18)12-7-5-11(6-8-12)10-19-17(27)20-15(25)13-4-3-9-26-13/h3-9H,2,10H2,1H3,(H2,19,20,25,27). The second-order valence-electron chi connectivity index (χ2n) is 5.88. The molecule has 0 aliphatic rings. The number of carbonyl (C=O) groups excluding carboxylic acids is 1. The van der Waals surface area contributed by atoms with Gasteiger partial charge in [-0.15, -0.1) is 10.2 Å². The highest BCUT2D eigenvalue weighted by atomic mass is 32.1. The topological polar surface area (TPSA) is 97.3 Å². The van der Waals surface area contributed by atoms with Crippen LogP contribution in [-0.2, 0) is 13.0 Å². The molecular formula is C18H16N6O2S2. The number of aromatic nitrogens is 4. The summed E-state index contributed by atoms with van der Waals surface area (Å²) in [7, 11) is 0. The Hall–Kier alpha value is -3.11. The Morgan fingerprint density at radius 1 is 1.25 bits per heavy atom. The number of amides is 1. The van der Waals surface area contributed by atoms with Gasteiger partial charge in [-0.2, -0.15) is 9.61 Å². The monoisotopic (exact) mass is 412 g/mol. The molecule has 10 heteroatoms. The Kier molecular flexibility index (Phi) is 5.13. The normalized spacial score (nSPS) is 10.9. The number of rotatable bonds is 5. The molecule has 0 atom stereocenters. The molecular weight excluding hydrogens is 396 g/mol. The molecule has 4 aromatic rings. The summed E-state index contributed by atoms with van der Waals surface area (Å²) in [4.78, 5) is 12.7. The van der Waals surface area contributed by atoms with Gasteiger partial charge in [-0.3, -0.25) is 10.1 Å². The fourth-order valence-corrected chi connectivity index (χ4v) is 3.59. The summed E-state index contributed by atoms with van der Waals surface area (Å²) < 4.78 is 6.82. The van der Waals surface area contributed by atoms with Crippen LogP contribution >= 0.6 is 23.6 Å². The minimum absolute atomic E-state index is 0.213. The molecule has 0 saturated carbocycles. The fraction of sp³-hybridized carbons (Fsp3) is 0.167. The minimum Gasteiger partial charge on any atom is -0.459 e. The number of hydrogen-bond donors (Lipinski definition) is 2. The number of benzene rings is 1. The van der Waals surface area contributed by atoms with Crippen molar-refractivity contribution in [3.8, 4) is 10.6 Å². The van der Waals surface area contributed by atoms with Crippen molar-refractivity contribution in [1.82, 2.24) is 30.4 Å². The van der Waals surface area contributed by atoms with Crippen LogP contribution in [0.25, 0.3) is 15.5 Å². The van der Waals surface area contributed by atoms with E-state index < -0.39 is 0 Å². The van der Waals surface area contributed by atoms with Gasteiger partial charge in [-0.1, -0.05) is 42.5 Å². The number of carbonyl (C=O) groups is 1. The molecule has 0 spiro atoms. The maximum atomic E-state index is 11.9. The lowest BCUT2D eigenvalue weighted by molar-refractivity contribution is 0.0949. The van der Waals surface area contributed by atoms with E-state index in [0.717, 1.165) is 33.3 Å². The van der Waals surface area contributed by atoms with E-state index in [2.05, 4.69) is 25.9 Å². The first-order valence-corrected chi connectivity index (χ1v) is 9.79. The SMILES string of the molecule is CCc1nnc2sc(-c3ccc(CNC(=S)NC(=O)c4ccco4)cc3)nn12. The predicted molar refractivity (Wildman–Crippen MR) is 109 cm³/mol. The number of fused-ring (bicyclic) bond motifs is 1. The number of furan rings is 1. The van der Waals surface area contributed by atoms with Crippen molar-refractivity contribution < 1.29 is 9.21 Å². The van der Waals surface area contributed by atoms with Crippen molar-refractivity contribution in [2.45, 2.75) is 19.9 Å². The molecule has 1 amide bonds. The summed E-state index contributed by atoms with van der Waals surface area (Å²) in [5.74, 6) is 0.681. The van der Waals surface area contributed by atoms with Crippen LogP contribution in [0, 0.1) is 0 Å². The molecule has 1 aromatic carbocycles. The summed E-state index contributed by atoms with van der Waals surface area (Å²) >= 11 is 6.65. The van der Waals surface area contributed by atoms with E-state index in [1.807, 2.05) is 31.2 Å². The molecule has 0 unspecified atom stereocenters. The molecule has 3 aromatic heterocycles. The third-order valence-corrected chi connectivity index (χ3v) is 5.19. The average Bonchev–Trinajstić information content (AvgIpc) is 3.43. The van der Waals surface area contributed by atoms with Crippen molar-refractivity contribution in [3.05, 3.63) is 59.8 Å². The molecule has 4 rings (SSSR count). The molecule has 0 fully saturated rings. The van der Waals surface area contributed by atoms with Crippen LogP contribution in [0.1, 0.15) is 28.9 Å². The lowest BCUT2D eigenvalue weighted by Gasteiger charge is -2.09. The molecule has 142 valence electrons. The van der Waals surface area contributed by atoms with Gasteiger partial charge in [0.1, 0.15) is 5.01 Å².